The Bertz CT molecular complexity index is 254. The molecule has 3 atom stereocenters. The summed E-state index contributed by atoms with van der Waals surface area (Å²) in [6.07, 6.45) is 4.07. The SMILES string of the molecule is CCNC1CCC(C(C)(C)C)CC1N(C)CC(C)C. The van der Waals surface area contributed by atoms with E-state index in [1.165, 1.54) is 25.8 Å². The molecule has 1 fully saturated rings. The van der Waals surface area contributed by atoms with Crippen LogP contribution in [-0.2, 0) is 0 Å². The van der Waals surface area contributed by atoms with E-state index >= 15 is 0 Å². The fraction of sp³-hybridized carbons (Fsp3) is 1.00. The van der Waals surface area contributed by atoms with Crippen molar-refractivity contribution < 1.29 is 0 Å². The lowest BCUT2D eigenvalue weighted by molar-refractivity contribution is 0.0672. The molecule has 0 aromatic rings. The van der Waals surface area contributed by atoms with Gasteiger partial charge in [0.05, 0.1) is 0 Å². The van der Waals surface area contributed by atoms with Gasteiger partial charge in [-0.2, -0.15) is 0 Å². The second-order valence-corrected chi connectivity index (χ2v) is 7.94. The molecule has 3 unspecified atom stereocenters. The molecule has 0 heterocycles. The van der Waals surface area contributed by atoms with Crippen LogP contribution in [0.15, 0.2) is 0 Å². The Labute approximate surface area is 121 Å². The summed E-state index contributed by atoms with van der Waals surface area (Å²) in [7, 11) is 2.32. The molecule has 19 heavy (non-hydrogen) atoms. The Morgan fingerprint density at radius 3 is 2.32 bits per heavy atom. The first kappa shape index (κ1) is 17.0. The highest BCUT2D eigenvalue weighted by atomic mass is 15.2. The van der Waals surface area contributed by atoms with Gasteiger partial charge >= 0.3 is 0 Å². The summed E-state index contributed by atoms with van der Waals surface area (Å²) in [6.45, 7) is 16.4. The predicted molar refractivity (Wildman–Crippen MR) is 85.5 cm³/mol. The van der Waals surface area contributed by atoms with E-state index in [2.05, 4.69) is 58.8 Å². The van der Waals surface area contributed by atoms with Crippen molar-refractivity contribution in [3.63, 3.8) is 0 Å². The predicted octanol–water partition coefficient (Wildman–Crippen LogP) is 3.77. The van der Waals surface area contributed by atoms with Gasteiger partial charge in [-0.3, -0.25) is 0 Å². The van der Waals surface area contributed by atoms with Crippen molar-refractivity contribution >= 4 is 0 Å². The van der Waals surface area contributed by atoms with Gasteiger partial charge in [-0.1, -0.05) is 41.5 Å². The van der Waals surface area contributed by atoms with Crippen molar-refractivity contribution in [3.8, 4) is 0 Å². The van der Waals surface area contributed by atoms with Gasteiger partial charge in [0.1, 0.15) is 0 Å². The van der Waals surface area contributed by atoms with Crippen LogP contribution in [-0.4, -0.2) is 37.1 Å². The largest absolute Gasteiger partial charge is 0.313 e. The summed E-state index contributed by atoms with van der Waals surface area (Å²) in [6, 6.07) is 1.40. The van der Waals surface area contributed by atoms with Crippen molar-refractivity contribution in [1.29, 1.82) is 0 Å². The van der Waals surface area contributed by atoms with Gasteiger partial charge in [0, 0.05) is 18.6 Å². The van der Waals surface area contributed by atoms with Gasteiger partial charge in [0.2, 0.25) is 0 Å². The zero-order chi connectivity index (χ0) is 14.6. The number of hydrogen-bond donors (Lipinski definition) is 1. The first-order valence-corrected chi connectivity index (χ1v) is 8.19. The standard InChI is InChI=1S/C17H36N2/c1-8-18-15-10-9-14(17(4,5)6)11-16(15)19(7)12-13(2)3/h13-16,18H,8-12H2,1-7H3. The molecule has 2 heteroatoms. The molecule has 1 saturated carbocycles. The number of nitrogens with zero attached hydrogens (tertiary/aromatic N) is 1. The quantitative estimate of drug-likeness (QED) is 0.816. The third kappa shape index (κ3) is 5.07. The molecule has 1 N–H and O–H groups in total. The maximum atomic E-state index is 3.72. The summed E-state index contributed by atoms with van der Waals surface area (Å²) >= 11 is 0. The van der Waals surface area contributed by atoms with E-state index in [0.717, 1.165) is 18.4 Å². The summed E-state index contributed by atoms with van der Waals surface area (Å²) in [5.41, 5.74) is 0.452. The average Bonchev–Trinajstić information content (AvgIpc) is 2.27. The van der Waals surface area contributed by atoms with Crippen LogP contribution in [0.2, 0.25) is 0 Å². The molecule has 0 radical (unpaired) electrons. The summed E-state index contributed by atoms with van der Waals surface area (Å²) in [5.74, 6) is 1.62. The van der Waals surface area contributed by atoms with Crippen LogP contribution in [0.3, 0.4) is 0 Å². The normalized spacial score (nSPS) is 29.2. The van der Waals surface area contributed by atoms with Crippen LogP contribution in [0.5, 0.6) is 0 Å². The highest BCUT2D eigenvalue weighted by Crippen LogP contribution is 2.39. The van der Waals surface area contributed by atoms with E-state index in [9.17, 15) is 0 Å². The molecule has 1 rings (SSSR count). The van der Waals surface area contributed by atoms with Gasteiger partial charge in [0.15, 0.2) is 0 Å². The molecule has 2 nitrogen and oxygen atoms in total. The van der Waals surface area contributed by atoms with E-state index in [4.69, 9.17) is 0 Å². The van der Waals surface area contributed by atoms with Crippen molar-refractivity contribution in [2.75, 3.05) is 20.1 Å². The zero-order valence-corrected chi connectivity index (χ0v) is 14.3. The Morgan fingerprint density at radius 2 is 1.84 bits per heavy atom. The van der Waals surface area contributed by atoms with Crippen LogP contribution < -0.4 is 5.32 Å². The number of hydrogen-bond acceptors (Lipinski definition) is 2. The lowest BCUT2D eigenvalue weighted by Crippen LogP contribution is -2.54. The molecule has 0 aromatic heterocycles. The van der Waals surface area contributed by atoms with Gasteiger partial charge in [-0.05, 0) is 50.1 Å². The van der Waals surface area contributed by atoms with Gasteiger partial charge < -0.3 is 10.2 Å². The molecular weight excluding hydrogens is 232 g/mol. The fourth-order valence-corrected chi connectivity index (χ4v) is 3.63. The van der Waals surface area contributed by atoms with E-state index < -0.39 is 0 Å². The maximum absolute atomic E-state index is 3.72. The van der Waals surface area contributed by atoms with Crippen molar-refractivity contribution in [2.45, 2.75) is 72.9 Å². The lowest BCUT2D eigenvalue weighted by atomic mass is 9.69. The fourth-order valence-electron chi connectivity index (χ4n) is 3.63. The zero-order valence-electron chi connectivity index (χ0n) is 14.3. The minimum absolute atomic E-state index is 0.452. The number of nitrogens with one attached hydrogen (secondary N) is 1. The molecule has 0 saturated heterocycles. The minimum atomic E-state index is 0.452. The highest BCUT2D eigenvalue weighted by Gasteiger charge is 2.37. The summed E-state index contributed by atoms with van der Waals surface area (Å²) < 4.78 is 0. The van der Waals surface area contributed by atoms with Crippen molar-refractivity contribution in [2.24, 2.45) is 17.3 Å². The molecule has 1 aliphatic carbocycles. The van der Waals surface area contributed by atoms with Crippen LogP contribution in [0.4, 0.5) is 0 Å². The molecule has 1 aliphatic rings. The third-order valence-electron chi connectivity index (χ3n) is 4.73. The van der Waals surface area contributed by atoms with Crippen LogP contribution in [0.25, 0.3) is 0 Å². The first-order chi connectivity index (χ1) is 8.75. The third-order valence-corrected chi connectivity index (χ3v) is 4.73. The number of rotatable bonds is 5. The molecule has 0 amide bonds. The highest BCUT2D eigenvalue weighted by molar-refractivity contribution is 4.93. The van der Waals surface area contributed by atoms with Gasteiger partial charge in [0.25, 0.3) is 0 Å². The van der Waals surface area contributed by atoms with E-state index in [1.54, 1.807) is 0 Å². The van der Waals surface area contributed by atoms with Crippen LogP contribution in [0, 0.1) is 17.3 Å². The molecular formula is C17H36N2. The van der Waals surface area contributed by atoms with Crippen LogP contribution >= 0.6 is 0 Å². The monoisotopic (exact) mass is 268 g/mol. The second kappa shape index (κ2) is 7.08. The molecule has 114 valence electrons. The Kier molecular flexibility index (Phi) is 6.32. The average molecular weight is 268 g/mol. The maximum Gasteiger partial charge on any atom is 0.0249 e. The molecule has 0 spiro atoms. The van der Waals surface area contributed by atoms with Crippen LogP contribution in [0.1, 0.15) is 60.8 Å². The molecule has 0 aliphatic heterocycles. The van der Waals surface area contributed by atoms with Crippen molar-refractivity contribution in [3.05, 3.63) is 0 Å². The number of likely N-dealkylation sites (N-methyl/N-ethyl adjacent to an activating group) is 2. The Balaban J connectivity index is 2.72. The Morgan fingerprint density at radius 1 is 1.21 bits per heavy atom. The Hall–Kier alpha value is -0.0800. The minimum Gasteiger partial charge on any atom is -0.313 e. The topological polar surface area (TPSA) is 15.3 Å². The van der Waals surface area contributed by atoms with E-state index in [1.807, 2.05) is 0 Å². The van der Waals surface area contributed by atoms with E-state index in [-0.39, 0.29) is 0 Å². The first-order valence-electron chi connectivity index (χ1n) is 8.19. The van der Waals surface area contributed by atoms with Gasteiger partial charge in [-0.15, -0.1) is 0 Å². The lowest BCUT2D eigenvalue weighted by Gasteiger charge is -2.46. The molecule has 0 aromatic carbocycles. The molecule has 0 bridgehead atoms. The summed E-state index contributed by atoms with van der Waals surface area (Å²) in [4.78, 5) is 2.61. The second-order valence-electron chi connectivity index (χ2n) is 7.94. The van der Waals surface area contributed by atoms with Gasteiger partial charge in [-0.25, -0.2) is 0 Å². The van der Waals surface area contributed by atoms with Crippen molar-refractivity contribution in [1.82, 2.24) is 10.2 Å². The van der Waals surface area contributed by atoms with E-state index in [0.29, 0.717) is 17.5 Å². The smallest absolute Gasteiger partial charge is 0.0249 e. The summed E-state index contributed by atoms with van der Waals surface area (Å²) in [5, 5.41) is 3.72.